The van der Waals surface area contributed by atoms with E-state index in [9.17, 15) is 19.2 Å². The van der Waals surface area contributed by atoms with Gasteiger partial charge >= 0.3 is 0 Å². The van der Waals surface area contributed by atoms with Crippen LogP contribution in [0.2, 0.25) is 0 Å². The number of aromatic nitrogens is 2. The van der Waals surface area contributed by atoms with Crippen molar-refractivity contribution in [3.63, 3.8) is 0 Å². The Balaban J connectivity index is 1.42. The second kappa shape index (κ2) is 9.66. The van der Waals surface area contributed by atoms with E-state index in [1.807, 2.05) is 18.2 Å². The SMILES string of the molecule is Cc1nc2cccc(N(CC3(C(N)=O)CCCCC3)C34CC5CC(CC(C5)C3)C4)c2c(=O)n1C1CCC(=O)NC1=O. The first-order valence-electron chi connectivity index (χ1n) is 15.6. The van der Waals surface area contributed by atoms with Crippen molar-refractivity contribution in [2.24, 2.45) is 28.9 Å². The molecule has 4 bridgehead atoms. The normalized spacial score (nSPS) is 32.2. The Morgan fingerprint density at radius 3 is 2.32 bits per heavy atom. The van der Waals surface area contributed by atoms with Crippen LogP contribution in [0.4, 0.5) is 5.69 Å². The van der Waals surface area contributed by atoms with Crippen LogP contribution >= 0.6 is 0 Å². The number of nitrogens with two attached hydrogens (primary N) is 1. The molecule has 6 aliphatic rings. The van der Waals surface area contributed by atoms with Crippen LogP contribution in [0.5, 0.6) is 0 Å². The monoisotopic (exact) mass is 559 g/mol. The number of carbonyl (C=O) groups excluding carboxylic acids is 3. The predicted molar refractivity (Wildman–Crippen MR) is 155 cm³/mol. The predicted octanol–water partition coefficient (Wildman–Crippen LogP) is 3.89. The highest BCUT2D eigenvalue weighted by Crippen LogP contribution is 2.59. The lowest BCUT2D eigenvalue weighted by Crippen LogP contribution is -2.63. The van der Waals surface area contributed by atoms with Crippen LogP contribution in [0.3, 0.4) is 0 Å². The van der Waals surface area contributed by atoms with Gasteiger partial charge in [0.15, 0.2) is 0 Å². The van der Waals surface area contributed by atoms with Gasteiger partial charge in [-0.05, 0) is 94.6 Å². The molecule has 5 saturated carbocycles. The number of rotatable bonds is 6. The van der Waals surface area contributed by atoms with Gasteiger partial charge in [0.05, 0.1) is 22.0 Å². The maximum Gasteiger partial charge on any atom is 0.264 e. The van der Waals surface area contributed by atoms with Gasteiger partial charge in [-0.3, -0.25) is 29.1 Å². The van der Waals surface area contributed by atoms with Crippen LogP contribution < -0.4 is 21.5 Å². The van der Waals surface area contributed by atoms with Crippen LogP contribution in [0.25, 0.3) is 10.9 Å². The van der Waals surface area contributed by atoms with Gasteiger partial charge in [0.2, 0.25) is 17.7 Å². The summed E-state index contributed by atoms with van der Waals surface area (Å²) in [6.45, 7) is 2.26. The summed E-state index contributed by atoms with van der Waals surface area (Å²) in [5.74, 6) is 1.47. The van der Waals surface area contributed by atoms with Gasteiger partial charge in [0.25, 0.3) is 5.56 Å². The summed E-state index contributed by atoms with van der Waals surface area (Å²) in [6.07, 6.45) is 12.1. The number of hydrogen-bond acceptors (Lipinski definition) is 6. The van der Waals surface area contributed by atoms with Crippen molar-refractivity contribution in [1.29, 1.82) is 0 Å². The van der Waals surface area contributed by atoms with E-state index < -0.39 is 17.4 Å². The molecule has 9 heteroatoms. The topological polar surface area (TPSA) is 127 Å². The molecular formula is C32H41N5O4. The first-order chi connectivity index (χ1) is 19.7. The molecule has 8 rings (SSSR count). The van der Waals surface area contributed by atoms with Gasteiger partial charge in [-0.2, -0.15) is 0 Å². The standard InChI is InChI=1S/C32H41N5O4/c1-19-34-23-6-5-7-24(27(23)29(40)37(19)25-8-9-26(38)35-28(25)39)36(18-31(30(33)41)10-3-2-4-11-31)32-15-20-12-21(16-32)14-22(13-20)17-32/h5-7,20-22,25H,2-4,8-18H2,1H3,(H2,33,41)(H,35,38,39). The number of amides is 3. The zero-order valence-corrected chi connectivity index (χ0v) is 24.0. The Bertz CT molecular complexity index is 1450. The van der Waals surface area contributed by atoms with Crippen LogP contribution in [0.1, 0.15) is 95.3 Å². The van der Waals surface area contributed by atoms with Gasteiger partial charge in [-0.25, -0.2) is 4.98 Å². The van der Waals surface area contributed by atoms with E-state index in [1.165, 1.54) is 23.8 Å². The van der Waals surface area contributed by atoms with E-state index in [0.717, 1.165) is 57.1 Å². The third kappa shape index (κ3) is 4.29. The van der Waals surface area contributed by atoms with Gasteiger partial charge in [-0.15, -0.1) is 0 Å². The number of imide groups is 1. The summed E-state index contributed by atoms with van der Waals surface area (Å²) in [4.78, 5) is 59.7. The van der Waals surface area contributed by atoms with E-state index in [0.29, 0.717) is 41.0 Å². The second-order valence-corrected chi connectivity index (χ2v) is 13.9. The number of nitrogens with zero attached hydrogens (tertiary/aromatic N) is 3. The molecule has 218 valence electrons. The molecule has 0 spiro atoms. The van der Waals surface area contributed by atoms with Crippen molar-refractivity contribution in [3.05, 3.63) is 34.4 Å². The lowest BCUT2D eigenvalue weighted by atomic mass is 9.52. The molecule has 6 fully saturated rings. The highest BCUT2D eigenvalue weighted by Gasteiger charge is 2.55. The van der Waals surface area contributed by atoms with Crippen LogP contribution in [-0.4, -0.2) is 39.4 Å². The summed E-state index contributed by atoms with van der Waals surface area (Å²) < 4.78 is 1.48. The van der Waals surface area contributed by atoms with Crippen molar-refractivity contribution in [2.75, 3.05) is 11.4 Å². The van der Waals surface area contributed by atoms with E-state index in [1.54, 1.807) is 6.92 Å². The Labute approximate surface area is 240 Å². The van der Waals surface area contributed by atoms with E-state index >= 15 is 0 Å². The molecule has 2 aromatic rings. The number of hydrogen-bond donors (Lipinski definition) is 2. The van der Waals surface area contributed by atoms with Crippen molar-refractivity contribution in [3.8, 4) is 0 Å². The molecule has 1 atom stereocenters. The number of piperidine rings is 1. The quantitative estimate of drug-likeness (QED) is 0.517. The minimum absolute atomic E-state index is 0.125. The highest BCUT2D eigenvalue weighted by molar-refractivity contribution is 6.00. The second-order valence-electron chi connectivity index (χ2n) is 13.9. The molecule has 0 radical (unpaired) electrons. The number of carbonyl (C=O) groups is 3. The zero-order chi connectivity index (χ0) is 28.5. The number of aryl methyl sites for hydroxylation is 1. The van der Waals surface area contributed by atoms with Crippen molar-refractivity contribution in [1.82, 2.24) is 14.9 Å². The van der Waals surface area contributed by atoms with Crippen LogP contribution in [-0.2, 0) is 14.4 Å². The number of benzene rings is 1. The minimum atomic E-state index is -0.784. The molecule has 5 aliphatic carbocycles. The molecule has 3 N–H and O–H groups in total. The van der Waals surface area contributed by atoms with Gasteiger partial charge in [0, 0.05) is 18.5 Å². The molecule has 1 aromatic heterocycles. The molecule has 3 amide bonds. The van der Waals surface area contributed by atoms with Crippen molar-refractivity contribution < 1.29 is 14.4 Å². The molecule has 9 nitrogen and oxygen atoms in total. The van der Waals surface area contributed by atoms with Gasteiger partial charge < -0.3 is 10.6 Å². The third-order valence-corrected chi connectivity index (χ3v) is 11.3. The zero-order valence-electron chi connectivity index (χ0n) is 24.0. The minimum Gasteiger partial charge on any atom is -0.369 e. The average Bonchev–Trinajstić information content (AvgIpc) is 2.92. The van der Waals surface area contributed by atoms with E-state index in [4.69, 9.17) is 10.7 Å². The smallest absolute Gasteiger partial charge is 0.264 e. The van der Waals surface area contributed by atoms with Crippen LogP contribution in [0.15, 0.2) is 23.0 Å². The fourth-order valence-corrected chi connectivity index (χ4v) is 9.77. The lowest BCUT2D eigenvalue weighted by Gasteiger charge is -2.62. The molecule has 2 heterocycles. The fraction of sp³-hybridized carbons (Fsp3) is 0.656. The molecule has 1 unspecified atom stereocenters. The van der Waals surface area contributed by atoms with Crippen molar-refractivity contribution in [2.45, 2.75) is 102 Å². The first kappa shape index (κ1) is 26.7. The lowest BCUT2D eigenvalue weighted by molar-refractivity contribution is -0.136. The molecule has 1 aromatic carbocycles. The van der Waals surface area contributed by atoms with E-state index in [-0.39, 0.29) is 35.8 Å². The van der Waals surface area contributed by atoms with Gasteiger partial charge in [-0.1, -0.05) is 25.3 Å². The molecule has 1 saturated heterocycles. The summed E-state index contributed by atoms with van der Waals surface area (Å²) in [7, 11) is 0. The number of anilines is 1. The van der Waals surface area contributed by atoms with Gasteiger partial charge in [0.1, 0.15) is 11.9 Å². The number of nitrogens with one attached hydrogen (secondary N) is 1. The Morgan fingerprint density at radius 2 is 1.71 bits per heavy atom. The Hall–Kier alpha value is -3.23. The maximum atomic E-state index is 14.5. The van der Waals surface area contributed by atoms with E-state index in [2.05, 4.69) is 10.2 Å². The average molecular weight is 560 g/mol. The number of primary amides is 1. The third-order valence-electron chi connectivity index (χ3n) is 11.3. The molecule has 1 aliphatic heterocycles. The highest BCUT2D eigenvalue weighted by atomic mass is 16.2. The van der Waals surface area contributed by atoms with Crippen molar-refractivity contribution >= 4 is 34.3 Å². The first-order valence-corrected chi connectivity index (χ1v) is 15.6. The summed E-state index contributed by atoms with van der Waals surface area (Å²) in [6, 6.07) is 5.06. The fourth-order valence-electron chi connectivity index (χ4n) is 9.77. The van der Waals surface area contributed by atoms with Crippen LogP contribution in [0, 0.1) is 30.1 Å². The number of fused-ring (bicyclic) bond motifs is 1. The summed E-state index contributed by atoms with van der Waals surface area (Å²) >= 11 is 0. The largest absolute Gasteiger partial charge is 0.369 e. The summed E-state index contributed by atoms with van der Waals surface area (Å²) in [5, 5.41) is 2.90. The maximum absolute atomic E-state index is 14.5. The molecule has 41 heavy (non-hydrogen) atoms. The molecular weight excluding hydrogens is 518 g/mol. The Kier molecular flexibility index (Phi) is 6.28. The Morgan fingerprint density at radius 1 is 1.05 bits per heavy atom. The summed E-state index contributed by atoms with van der Waals surface area (Å²) in [5.41, 5.74) is 6.61.